The second-order valence-electron chi connectivity index (χ2n) is 6.75. The Morgan fingerprint density at radius 3 is 2.63 bits per heavy atom. The second kappa shape index (κ2) is 6.96. The number of thiophene rings is 1. The van der Waals surface area contributed by atoms with Gasteiger partial charge in [-0.15, -0.1) is 11.3 Å². The lowest BCUT2D eigenvalue weighted by atomic mass is 10.2. The predicted molar refractivity (Wildman–Crippen MR) is 108 cm³/mol. The van der Waals surface area contributed by atoms with Crippen molar-refractivity contribution in [3.63, 3.8) is 0 Å². The molecule has 138 valence electrons. The topological polar surface area (TPSA) is 59.0 Å². The number of aromatic amines is 1. The molecule has 0 spiro atoms. The van der Waals surface area contributed by atoms with Crippen LogP contribution in [0.2, 0.25) is 0 Å². The largest absolute Gasteiger partial charge is 0.447 e. The van der Waals surface area contributed by atoms with Gasteiger partial charge in [-0.1, -0.05) is 12.1 Å². The number of H-pyrrole nitrogens is 1. The van der Waals surface area contributed by atoms with Crippen LogP contribution in [0.25, 0.3) is 11.3 Å². The number of hydrogen-bond donors (Lipinski definition) is 2. The normalized spacial score (nSPS) is 11.1. The van der Waals surface area contributed by atoms with Crippen molar-refractivity contribution >= 4 is 17.2 Å². The third-order valence-electron chi connectivity index (χ3n) is 4.43. The highest BCUT2D eigenvalue weighted by Gasteiger charge is 2.21. The fourth-order valence-corrected chi connectivity index (χ4v) is 3.92. The highest BCUT2D eigenvalue weighted by atomic mass is 32.1. The molecule has 0 bridgehead atoms. The molecular formula is C21H21N3O2S. The first-order valence-electron chi connectivity index (χ1n) is 8.75. The maximum Gasteiger partial charge on any atom is 0.270 e. The average Bonchev–Trinajstić information content (AvgIpc) is 3.27. The molecule has 0 unspecified atom stereocenters. The minimum Gasteiger partial charge on any atom is -0.447 e. The number of nitrogens with one attached hydrogen (secondary N) is 2. The van der Waals surface area contributed by atoms with Crippen molar-refractivity contribution < 1.29 is 9.53 Å². The van der Waals surface area contributed by atoms with E-state index in [0.717, 1.165) is 33.2 Å². The van der Waals surface area contributed by atoms with E-state index < -0.39 is 0 Å². The molecule has 0 saturated carbocycles. The van der Waals surface area contributed by atoms with Crippen LogP contribution in [-0.4, -0.2) is 15.7 Å². The third kappa shape index (κ3) is 3.61. The van der Waals surface area contributed by atoms with E-state index in [9.17, 15) is 4.79 Å². The van der Waals surface area contributed by atoms with E-state index in [0.29, 0.717) is 12.2 Å². The number of aryl methyl sites for hydroxylation is 3. The summed E-state index contributed by atoms with van der Waals surface area (Å²) in [7, 11) is 1.85. The van der Waals surface area contributed by atoms with Gasteiger partial charge in [-0.2, -0.15) is 0 Å². The molecule has 2 N–H and O–H groups in total. The lowest BCUT2D eigenvalue weighted by molar-refractivity contribution is 0.0942. The van der Waals surface area contributed by atoms with Gasteiger partial charge < -0.3 is 10.1 Å². The molecule has 5 nitrogen and oxygen atoms in total. The van der Waals surface area contributed by atoms with Crippen molar-refractivity contribution in [2.24, 2.45) is 7.05 Å². The van der Waals surface area contributed by atoms with E-state index >= 15 is 0 Å². The Morgan fingerprint density at radius 2 is 1.93 bits per heavy atom. The van der Waals surface area contributed by atoms with Crippen LogP contribution in [0.4, 0.5) is 0 Å². The number of nitrogens with zero attached hydrogens (tertiary/aromatic N) is 1. The monoisotopic (exact) mass is 379 g/mol. The highest BCUT2D eigenvalue weighted by Crippen LogP contribution is 2.29. The minimum atomic E-state index is -0.0938. The van der Waals surface area contributed by atoms with Gasteiger partial charge in [0, 0.05) is 19.2 Å². The van der Waals surface area contributed by atoms with Gasteiger partial charge in [0.2, 0.25) is 0 Å². The van der Waals surface area contributed by atoms with Crippen LogP contribution < -0.4 is 10.1 Å². The van der Waals surface area contributed by atoms with Gasteiger partial charge in [-0.3, -0.25) is 14.6 Å². The minimum absolute atomic E-state index is 0.0938. The van der Waals surface area contributed by atoms with Gasteiger partial charge in [-0.25, -0.2) is 0 Å². The van der Waals surface area contributed by atoms with Crippen LogP contribution in [0.15, 0.2) is 47.8 Å². The van der Waals surface area contributed by atoms with Crippen molar-refractivity contribution in [2.75, 3.05) is 0 Å². The van der Waals surface area contributed by atoms with E-state index in [1.807, 2.05) is 63.4 Å². The summed E-state index contributed by atoms with van der Waals surface area (Å²) in [6.45, 7) is 4.53. The summed E-state index contributed by atoms with van der Waals surface area (Å²) in [6.07, 6.45) is 0. The van der Waals surface area contributed by atoms with Crippen molar-refractivity contribution in [1.29, 1.82) is 0 Å². The molecule has 0 atom stereocenters. The van der Waals surface area contributed by atoms with Crippen molar-refractivity contribution in [2.45, 2.75) is 20.4 Å². The fraction of sp³-hybridized carbons (Fsp3) is 0.190. The van der Waals surface area contributed by atoms with Gasteiger partial charge in [0.1, 0.15) is 11.4 Å². The molecule has 2 aliphatic rings. The zero-order valence-electron chi connectivity index (χ0n) is 15.5. The number of amides is 1. The Morgan fingerprint density at radius 1 is 1.15 bits per heavy atom. The number of carbonyl (C=O) groups is 1. The van der Waals surface area contributed by atoms with Crippen LogP contribution in [-0.2, 0) is 13.6 Å². The number of aromatic nitrogens is 2. The number of ether oxygens (including phenoxy) is 1. The van der Waals surface area contributed by atoms with Crippen molar-refractivity contribution in [3.8, 4) is 22.1 Å². The Bertz CT molecular complexity index is 1060. The predicted octanol–water partition coefficient (Wildman–Crippen LogP) is 4.86. The van der Waals surface area contributed by atoms with E-state index in [2.05, 4.69) is 15.8 Å². The van der Waals surface area contributed by atoms with Gasteiger partial charge in [0.05, 0.1) is 5.69 Å². The molecule has 1 amide bonds. The molecule has 0 saturated heterocycles. The van der Waals surface area contributed by atoms with Crippen LogP contribution in [0, 0.1) is 13.8 Å². The standard InChI is InChI=1S/C21H21N3O2S/c1-13-8-17-18(9-13)23-24(3)20(17)21(25)22-11-15-4-6-16(7-5-15)26-19-10-14(2)12-27-19/h4-10,12,23H,11H2,1-3H3,(H,22,25). The zero-order valence-corrected chi connectivity index (χ0v) is 16.3. The first-order valence-corrected chi connectivity index (χ1v) is 9.63. The Balaban J connectivity index is 1.40. The molecule has 1 aromatic heterocycles. The number of benzene rings is 1. The van der Waals surface area contributed by atoms with E-state index in [-0.39, 0.29) is 5.91 Å². The molecule has 6 heteroatoms. The third-order valence-corrected chi connectivity index (χ3v) is 5.35. The molecule has 27 heavy (non-hydrogen) atoms. The van der Waals surface area contributed by atoms with E-state index in [4.69, 9.17) is 4.74 Å². The van der Waals surface area contributed by atoms with Gasteiger partial charge in [-0.05, 0) is 66.2 Å². The summed E-state index contributed by atoms with van der Waals surface area (Å²) < 4.78 is 7.59. The van der Waals surface area contributed by atoms with Crippen LogP contribution in [0.5, 0.6) is 10.8 Å². The molecule has 1 aliphatic carbocycles. The summed E-state index contributed by atoms with van der Waals surface area (Å²) in [6, 6.07) is 13.9. The number of fused-ring (bicyclic) bond motifs is 1. The maximum absolute atomic E-state index is 12.7. The summed E-state index contributed by atoms with van der Waals surface area (Å²) in [5, 5.41) is 9.14. The summed E-state index contributed by atoms with van der Waals surface area (Å²) in [4.78, 5) is 12.7. The Kier molecular flexibility index (Phi) is 4.49. The number of rotatable bonds is 5. The highest BCUT2D eigenvalue weighted by molar-refractivity contribution is 7.12. The van der Waals surface area contributed by atoms with Crippen LogP contribution in [0.3, 0.4) is 0 Å². The van der Waals surface area contributed by atoms with Crippen molar-refractivity contribution in [3.05, 3.63) is 70.2 Å². The summed E-state index contributed by atoms with van der Waals surface area (Å²) in [5.74, 6) is 0.696. The molecular weight excluding hydrogens is 358 g/mol. The van der Waals surface area contributed by atoms with Gasteiger partial charge >= 0.3 is 0 Å². The van der Waals surface area contributed by atoms with E-state index in [1.54, 1.807) is 16.0 Å². The van der Waals surface area contributed by atoms with Gasteiger partial charge in [0.25, 0.3) is 5.91 Å². The first-order chi connectivity index (χ1) is 13.0. The molecule has 1 aliphatic heterocycles. The molecule has 4 rings (SSSR count). The SMILES string of the molecule is Cc1csc(Oc2ccc(CNC(=O)c3c4cc(C)cc-4[nH]n3C)cc2)c1. The maximum atomic E-state index is 12.7. The molecule has 1 aromatic carbocycles. The molecule has 0 radical (unpaired) electrons. The summed E-state index contributed by atoms with van der Waals surface area (Å²) >= 11 is 1.58. The Hall–Kier alpha value is -2.99. The average molecular weight is 379 g/mol. The quantitative estimate of drug-likeness (QED) is 0.520. The first kappa shape index (κ1) is 17.4. The Labute approximate surface area is 161 Å². The van der Waals surface area contributed by atoms with Crippen LogP contribution in [0.1, 0.15) is 27.2 Å². The second-order valence-corrected chi connectivity index (χ2v) is 7.63. The molecule has 2 heterocycles. The van der Waals surface area contributed by atoms with Gasteiger partial charge in [0.15, 0.2) is 5.06 Å². The number of hydrogen-bond acceptors (Lipinski definition) is 3. The summed E-state index contributed by atoms with van der Waals surface area (Å²) in [5.41, 5.74) is 5.93. The molecule has 0 fully saturated rings. The van der Waals surface area contributed by atoms with E-state index in [1.165, 1.54) is 5.56 Å². The lowest BCUT2D eigenvalue weighted by Crippen LogP contribution is -2.25. The number of carbonyl (C=O) groups excluding carboxylic acids is 1. The fourth-order valence-electron chi connectivity index (χ4n) is 3.15. The zero-order chi connectivity index (χ0) is 19.0. The van der Waals surface area contributed by atoms with Crippen LogP contribution >= 0.6 is 11.3 Å². The smallest absolute Gasteiger partial charge is 0.270 e. The molecule has 2 aromatic rings. The van der Waals surface area contributed by atoms with Crippen molar-refractivity contribution in [1.82, 2.24) is 15.1 Å². The lowest BCUT2D eigenvalue weighted by Gasteiger charge is -2.08.